The number of carbonyl (C=O) groups excluding carboxylic acids is 1. The quantitative estimate of drug-likeness (QED) is 0.391. The van der Waals surface area contributed by atoms with Gasteiger partial charge in [0.25, 0.3) is 0 Å². The molecule has 1 fully saturated rings. The van der Waals surface area contributed by atoms with Gasteiger partial charge in [-0.1, -0.05) is 31.2 Å². The lowest BCUT2D eigenvalue weighted by Crippen LogP contribution is -2.37. The lowest BCUT2D eigenvalue weighted by Gasteiger charge is -2.29. The van der Waals surface area contributed by atoms with Crippen LogP contribution in [0.1, 0.15) is 45.5 Å². The van der Waals surface area contributed by atoms with E-state index in [1.807, 2.05) is 31.4 Å². The molecule has 0 radical (unpaired) electrons. The summed E-state index contributed by atoms with van der Waals surface area (Å²) in [5.74, 6) is 0.771. The second kappa shape index (κ2) is 9.89. The molecule has 0 N–H and O–H groups in total. The molecule has 0 unspecified atom stereocenters. The number of rotatable bonds is 7. The molecule has 3 rings (SSSR count). The molecule has 2 aromatic heterocycles. The van der Waals surface area contributed by atoms with Crippen LogP contribution in [-0.2, 0) is 16.2 Å². The minimum atomic E-state index is -1.21. The van der Waals surface area contributed by atoms with E-state index in [0.717, 1.165) is 30.4 Å². The van der Waals surface area contributed by atoms with Crippen molar-refractivity contribution in [1.82, 2.24) is 24.6 Å². The highest BCUT2D eigenvalue weighted by Crippen LogP contribution is 2.34. The van der Waals surface area contributed by atoms with Crippen molar-refractivity contribution in [1.29, 1.82) is 0 Å². The third-order valence-corrected chi connectivity index (χ3v) is 7.08. The van der Waals surface area contributed by atoms with E-state index < -0.39 is 13.7 Å². The fourth-order valence-corrected chi connectivity index (χ4v) is 4.41. The van der Waals surface area contributed by atoms with Crippen LogP contribution in [0.4, 0.5) is 4.79 Å². The van der Waals surface area contributed by atoms with Crippen LogP contribution in [0.25, 0.3) is 11.4 Å². The predicted octanol–water partition coefficient (Wildman–Crippen LogP) is 5.38. The van der Waals surface area contributed by atoms with Crippen LogP contribution in [-0.4, -0.2) is 57.6 Å². The largest absolute Gasteiger partial charge is 0.444 e. The fourth-order valence-electron chi connectivity index (χ4n) is 3.56. The van der Waals surface area contributed by atoms with Crippen LogP contribution >= 0.6 is 11.6 Å². The molecule has 2 aromatic rings. The van der Waals surface area contributed by atoms with Crippen LogP contribution in [0, 0.1) is 0 Å². The maximum atomic E-state index is 12.8. The zero-order valence-corrected chi connectivity index (χ0v) is 21.6. The van der Waals surface area contributed by atoms with Gasteiger partial charge in [-0.05, 0) is 51.8 Å². The van der Waals surface area contributed by atoms with Gasteiger partial charge in [0.15, 0.2) is 5.15 Å². The summed E-state index contributed by atoms with van der Waals surface area (Å²) in [4.78, 5) is 19.3. The molecular formula is C22H34ClN5O3Si. The minimum Gasteiger partial charge on any atom is -0.444 e. The highest BCUT2D eigenvalue weighted by atomic mass is 35.5. The van der Waals surface area contributed by atoms with Gasteiger partial charge in [0.05, 0.1) is 17.9 Å². The number of nitrogens with zero attached hydrogens (tertiary/aromatic N) is 5. The Labute approximate surface area is 196 Å². The highest BCUT2D eigenvalue weighted by molar-refractivity contribution is 6.76. The summed E-state index contributed by atoms with van der Waals surface area (Å²) >= 11 is 5.92. The first kappa shape index (κ1) is 24.7. The summed E-state index contributed by atoms with van der Waals surface area (Å²) in [5, 5.41) is 8.52. The van der Waals surface area contributed by atoms with Crippen molar-refractivity contribution >= 4 is 25.8 Å². The Balaban J connectivity index is 1.88. The number of hydrogen-bond donors (Lipinski definition) is 0. The van der Waals surface area contributed by atoms with E-state index in [2.05, 4.69) is 29.8 Å². The standard InChI is InChI=1S/C22H34ClN5O3Si/c1-22(2,3)31-21(29)27-11-7-8-17(27)20-24-14-18(16-9-10-19(23)26-25-16)28(20)15-30-12-13-32(4,5)6/h9-10,14,17H,7-8,11-13,15H2,1-6H3/t17-/m0/s1. The third kappa shape index (κ3) is 6.52. The molecule has 1 aliphatic rings. The number of carbonyl (C=O) groups is 1. The second-order valence-corrected chi connectivity index (χ2v) is 16.4. The number of aromatic nitrogens is 4. The molecule has 0 bridgehead atoms. The lowest BCUT2D eigenvalue weighted by molar-refractivity contribution is 0.0204. The molecular weight excluding hydrogens is 446 g/mol. The van der Waals surface area contributed by atoms with Gasteiger partial charge in [-0.25, -0.2) is 9.78 Å². The van der Waals surface area contributed by atoms with E-state index >= 15 is 0 Å². The normalized spacial score (nSPS) is 17.1. The zero-order valence-electron chi connectivity index (χ0n) is 19.9. The number of hydrogen-bond acceptors (Lipinski definition) is 6. The van der Waals surface area contributed by atoms with Gasteiger partial charge >= 0.3 is 6.09 Å². The maximum absolute atomic E-state index is 12.8. The highest BCUT2D eigenvalue weighted by Gasteiger charge is 2.36. The first-order chi connectivity index (χ1) is 14.9. The topological polar surface area (TPSA) is 82.4 Å². The van der Waals surface area contributed by atoms with Crippen molar-refractivity contribution < 1.29 is 14.3 Å². The van der Waals surface area contributed by atoms with Crippen molar-refractivity contribution in [2.45, 2.75) is 77.7 Å². The van der Waals surface area contributed by atoms with E-state index in [1.165, 1.54) is 0 Å². The molecule has 1 amide bonds. The SMILES string of the molecule is CC(C)(C)OC(=O)N1CCC[C@H]1c1ncc(-c2ccc(Cl)nn2)n1COCC[Si](C)(C)C. The Kier molecular flexibility index (Phi) is 7.62. The molecule has 8 nitrogen and oxygen atoms in total. The van der Waals surface area contributed by atoms with Gasteiger partial charge in [0.2, 0.25) is 0 Å². The van der Waals surface area contributed by atoms with Gasteiger partial charge < -0.3 is 14.0 Å². The van der Waals surface area contributed by atoms with E-state index in [9.17, 15) is 4.79 Å². The number of ether oxygens (including phenoxy) is 2. The summed E-state index contributed by atoms with van der Waals surface area (Å²) in [6, 6.07) is 4.41. The van der Waals surface area contributed by atoms with Crippen molar-refractivity contribution in [3.05, 3.63) is 29.3 Å². The molecule has 0 saturated carbocycles. The van der Waals surface area contributed by atoms with Crippen LogP contribution < -0.4 is 0 Å². The van der Waals surface area contributed by atoms with Crippen LogP contribution in [0.3, 0.4) is 0 Å². The molecule has 1 atom stereocenters. The molecule has 0 aromatic carbocycles. The predicted molar refractivity (Wildman–Crippen MR) is 127 cm³/mol. The van der Waals surface area contributed by atoms with Crippen LogP contribution in [0.2, 0.25) is 30.8 Å². The van der Waals surface area contributed by atoms with E-state index in [-0.39, 0.29) is 12.1 Å². The summed E-state index contributed by atoms with van der Waals surface area (Å²) < 4.78 is 13.7. The molecule has 3 heterocycles. The summed E-state index contributed by atoms with van der Waals surface area (Å²) in [5.41, 5.74) is 0.890. The van der Waals surface area contributed by atoms with Crippen molar-refractivity contribution in [2.75, 3.05) is 13.2 Å². The van der Waals surface area contributed by atoms with Gasteiger partial charge in [-0.3, -0.25) is 4.90 Å². The Morgan fingerprint density at radius 1 is 1.25 bits per heavy atom. The maximum Gasteiger partial charge on any atom is 0.410 e. The Bertz CT molecular complexity index is 921. The summed E-state index contributed by atoms with van der Waals surface area (Å²) in [6.45, 7) is 14.2. The van der Waals surface area contributed by atoms with Crippen molar-refractivity contribution in [3.8, 4) is 11.4 Å². The van der Waals surface area contributed by atoms with Crippen LogP contribution in [0.5, 0.6) is 0 Å². The Morgan fingerprint density at radius 2 is 2.00 bits per heavy atom. The second-order valence-electron chi connectivity index (χ2n) is 10.4. The van der Waals surface area contributed by atoms with E-state index in [4.69, 9.17) is 26.1 Å². The molecule has 176 valence electrons. The molecule has 0 aliphatic carbocycles. The lowest BCUT2D eigenvalue weighted by atomic mass is 10.2. The molecule has 1 saturated heterocycles. The smallest absolute Gasteiger partial charge is 0.410 e. The molecule has 32 heavy (non-hydrogen) atoms. The first-order valence-corrected chi connectivity index (χ1v) is 15.2. The molecule has 0 spiro atoms. The molecule has 10 heteroatoms. The monoisotopic (exact) mass is 479 g/mol. The average Bonchev–Trinajstić information content (AvgIpc) is 3.30. The number of likely N-dealkylation sites (tertiary alicyclic amines) is 1. The first-order valence-electron chi connectivity index (χ1n) is 11.1. The van der Waals surface area contributed by atoms with Crippen LogP contribution in [0.15, 0.2) is 18.3 Å². The summed E-state index contributed by atoms with van der Waals surface area (Å²) in [6.07, 6.45) is 3.16. The zero-order chi connectivity index (χ0) is 23.5. The Morgan fingerprint density at radius 3 is 2.62 bits per heavy atom. The average molecular weight is 480 g/mol. The summed E-state index contributed by atoms with van der Waals surface area (Å²) in [7, 11) is -1.21. The van der Waals surface area contributed by atoms with Gasteiger partial charge in [0.1, 0.15) is 23.9 Å². The Hall–Kier alpha value is -1.97. The van der Waals surface area contributed by atoms with Gasteiger partial charge in [-0.2, -0.15) is 0 Å². The third-order valence-electron chi connectivity index (χ3n) is 5.18. The van der Waals surface area contributed by atoms with Crippen molar-refractivity contribution in [3.63, 3.8) is 0 Å². The van der Waals surface area contributed by atoms with E-state index in [1.54, 1.807) is 17.2 Å². The number of amides is 1. The number of halogens is 1. The molecule has 1 aliphatic heterocycles. The minimum absolute atomic E-state index is 0.181. The number of imidazole rings is 1. The van der Waals surface area contributed by atoms with Crippen molar-refractivity contribution in [2.24, 2.45) is 0 Å². The fraction of sp³-hybridized carbons (Fsp3) is 0.636. The van der Waals surface area contributed by atoms with E-state index in [0.29, 0.717) is 30.7 Å². The van der Waals surface area contributed by atoms with Gasteiger partial charge in [0, 0.05) is 21.2 Å². The van der Waals surface area contributed by atoms with Gasteiger partial charge in [-0.15, -0.1) is 10.2 Å².